The maximum atomic E-state index is 11.7. The van der Waals surface area contributed by atoms with Crippen LogP contribution in [0.4, 0.5) is 0 Å². The third kappa shape index (κ3) is 4.29. The largest absolute Gasteiger partial charge is 0.479 e. The van der Waals surface area contributed by atoms with E-state index in [1.54, 1.807) is 11.3 Å². The summed E-state index contributed by atoms with van der Waals surface area (Å²) in [4.78, 5) is 22.5. The molecule has 1 unspecified atom stereocenters. The topological polar surface area (TPSA) is 75.6 Å². The molecule has 0 saturated carbocycles. The van der Waals surface area contributed by atoms with Crippen molar-refractivity contribution < 1.29 is 19.4 Å². The van der Waals surface area contributed by atoms with Gasteiger partial charge in [0, 0.05) is 18.2 Å². The first-order valence-electron chi connectivity index (χ1n) is 7.09. The minimum absolute atomic E-state index is 0.00789. The van der Waals surface area contributed by atoms with E-state index < -0.39 is 12.1 Å². The van der Waals surface area contributed by atoms with Gasteiger partial charge in [0.1, 0.15) is 0 Å². The number of hydrogen-bond acceptors (Lipinski definition) is 4. The molecule has 0 saturated heterocycles. The Morgan fingerprint density at radius 2 is 2.14 bits per heavy atom. The van der Waals surface area contributed by atoms with E-state index in [1.165, 1.54) is 22.8 Å². The Balaban J connectivity index is 1.76. The van der Waals surface area contributed by atoms with Crippen molar-refractivity contribution in [1.29, 1.82) is 0 Å². The second kappa shape index (κ2) is 7.91. The molecule has 0 aliphatic heterocycles. The monoisotopic (exact) mass is 321 g/mol. The van der Waals surface area contributed by atoms with E-state index in [0.717, 1.165) is 12.8 Å². The molecule has 0 fully saturated rings. The number of aliphatic carboxylic acids is 1. The highest BCUT2D eigenvalue weighted by molar-refractivity contribution is 7.17. The van der Waals surface area contributed by atoms with Crippen molar-refractivity contribution in [1.82, 2.24) is 5.32 Å². The number of benzene rings is 1. The summed E-state index contributed by atoms with van der Waals surface area (Å²) in [5, 5.41) is 14.8. The Morgan fingerprint density at radius 1 is 1.36 bits per heavy atom. The number of rotatable bonds is 8. The molecule has 1 atom stereocenters. The number of nitrogens with one attached hydrogen (secondary N) is 1. The van der Waals surface area contributed by atoms with Gasteiger partial charge in [0.2, 0.25) is 5.91 Å². The highest BCUT2D eigenvalue weighted by Gasteiger charge is 2.16. The second-order valence-corrected chi connectivity index (χ2v) is 5.89. The third-order valence-electron chi connectivity index (χ3n) is 3.46. The molecular weight excluding hydrogens is 302 g/mol. The average molecular weight is 321 g/mol. The summed E-state index contributed by atoms with van der Waals surface area (Å²) in [6.45, 7) is -0.00789. The fraction of sp³-hybridized carbons (Fsp3) is 0.375. The normalized spacial score (nSPS) is 12.2. The lowest BCUT2D eigenvalue weighted by molar-refractivity contribution is -0.148. The van der Waals surface area contributed by atoms with E-state index in [1.807, 2.05) is 12.1 Å². The van der Waals surface area contributed by atoms with Gasteiger partial charge < -0.3 is 15.2 Å². The van der Waals surface area contributed by atoms with Crippen LogP contribution in [0.3, 0.4) is 0 Å². The van der Waals surface area contributed by atoms with Crippen LogP contribution in [-0.2, 0) is 20.7 Å². The van der Waals surface area contributed by atoms with E-state index in [4.69, 9.17) is 9.84 Å². The van der Waals surface area contributed by atoms with Crippen molar-refractivity contribution in [3.8, 4) is 0 Å². The standard InChI is InChI=1S/C16H19NO4S/c1-21-13(16(19)20)9-17-15(18)8-4-5-11-10-22-14-7-3-2-6-12(11)14/h2-3,6-7,10,13H,4-5,8-9H2,1H3,(H,17,18)(H,19,20). The predicted molar refractivity (Wildman–Crippen MR) is 86.2 cm³/mol. The average Bonchev–Trinajstić information content (AvgIpc) is 2.91. The van der Waals surface area contributed by atoms with Crippen molar-refractivity contribution in [3.63, 3.8) is 0 Å². The molecule has 1 aromatic carbocycles. The van der Waals surface area contributed by atoms with Gasteiger partial charge in [-0.05, 0) is 35.2 Å². The maximum Gasteiger partial charge on any atom is 0.334 e. The highest BCUT2D eigenvalue weighted by atomic mass is 32.1. The van der Waals surface area contributed by atoms with Crippen molar-refractivity contribution in [3.05, 3.63) is 35.2 Å². The predicted octanol–water partition coefficient (Wildman–Crippen LogP) is 2.44. The zero-order valence-corrected chi connectivity index (χ0v) is 13.2. The smallest absolute Gasteiger partial charge is 0.334 e. The van der Waals surface area contributed by atoms with Crippen LogP contribution >= 0.6 is 11.3 Å². The van der Waals surface area contributed by atoms with Crippen LogP contribution in [0.2, 0.25) is 0 Å². The Bertz CT molecular complexity index is 652. The first kappa shape index (κ1) is 16.5. The van der Waals surface area contributed by atoms with Gasteiger partial charge in [-0.3, -0.25) is 4.79 Å². The molecule has 1 aromatic heterocycles. The van der Waals surface area contributed by atoms with Crippen LogP contribution in [0.15, 0.2) is 29.6 Å². The molecule has 5 nitrogen and oxygen atoms in total. The first-order chi connectivity index (χ1) is 10.6. The van der Waals surface area contributed by atoms with Crippen molar-refractivity contribution in [2.45, 2.75) is 25.4 Å². The van der Waals surface area contributed by atoms with E-state index in [0.29, 0.717) is 6.42 Å². The summed E-state index contributed by atoms with van der Waals surface area (Å²) in [5.41, 5.74) is 1.26. The summed E-state index contributed by atoms with van der Waals surface area (Å²) < 4.78 is 6.02. The molecule has 118 valence electrons. The van der Waals surface area contributed by atoms with Crippen molar-refractivity contribution >= 4 is 33.3 Å². The molecule has 0 aliphatic rings. The van der Waals surface area contributed by atoms with Crippen LogP contribution in [-0.4, -0.2) is 36.7 Å². The molecule has 0 radical (unpaired) electrons. The minimum atomic E-state index is -1.08. The lowest BCUT2D eigenvalue weighted by Crippen LogP contribution is -2.37. The van der Waals surface area contributed by atoms with E-state index in [2.05, 4.69) is 22.8 Å². The van der Waals surface area contributed by atoms with Crippen LogP contribution < -0.4 is 5.32 Å². The summed E-state index contributed by atoms with van der Waals surface area (Å²) in [7, 11) is 1.31. The van der Waals surface area contributed by atoms with Crippen LogP contribution in [0.25, 0.3) is 10.1 Å². The summed E-state index contributed by atoms with van der Waals surface area (Å²) in [5.74, 6) is -1.23. The van der Waals surface area contributed by atoms with Crippen LogP contribution in [0.1, 0.15) is 18.4 Å². The molecule has 2 aromatic rings. The van der Waals surface area contributed by atoms with Gasteiger partial charge >= 0.3 is 5.97 Å². The Hall–Kier alpha value is -1.92. The van der Waals surface area contributed by atoms with E-state index >= 15 is 0 Å². The Kier molecular flexibility index (Phi) is 5.91. The minimum Gasteiger partial charge on any atom is -0.479 e. The second-order valence-electron chi connectivity index (χ2n) is 4.98. The fourth-order valence-corrected chi connectivity index (χ4v) is 3.23. The SMILES string of the molecule is COC(CNC(=O)CCCc1csc2ccccc12)C(=O)O. The van der Waals surface area contributed by atoms with Crippen LogP contribution in [0, 0.1) is 0 Å². The number of fused-ring (bicyclic) bond motifs is 1. The lowest BCUT2D eigenvalue weighted by atomic mass is 10.1. The van der Waals surface area contributed by atoms with Crippen molar-refractivity contribution in [2.75, 3.05) is 13.7 Å². The van der Waals surface area contributed by atoms with E-state index in [-0.39, 0.29) is 12.5 Å². The van der Waals surface area contributed by atoms with Gasteiger partial charge in [0.25, 0.3) is 0 Å². The van der Waals surface area contributed by atoms with Gasteiger partial charge in [-0.1, -0.05) is 18.2 Å². The van der Waals surface area contributed by atoms with Gasteiger partial charge in [-0.2, -0.15) is 0 Å². The Morgan fingerprint density at radius 3 is 2.86 bits per heavy atom. The zero-order chi connectivity index (χ0) is 15.9. The number of carbonyl (C=O) groups excluding carboxylic acids is 1. The summed E-state index contributed by atoms with van der Waals surface area (Å²) >= 11 is 1.71. The number of carbonyl (C=O) groups is 2. The number of amides is 1. The Labute approximate surface area is 132 Å². The van der Waals surface area contributed by atoms with Gasteiger partial charge in [0.05, 0.1) is 6.54 Å². The van der Waals surface area contributed by atoms with Gasteiger partial charge in [-0.25, -0.2) is 4.79 Å². The molecule has 1 heterocycles. The first-order valence-corrected chi connectivity index (χ1v) is 7.97. The van der Waals surface area contributed by atoms with Gasteiger partial charge in [-0.15, -0.1) is 11.3 Å². The molecule has 0 spiro atoms. The van der Waals surface area contributed by atoms with Crippen LogP contribution in [0.5, 0.6) is 0 Å². The summed E-state index contributed by atoms with van der Waals surface area (Å²) in [6, 6.07) is 8.22. The molecule has 1 amide bonds. The number of carboxylic acids is 1. The number of thiophene rings is 1. The molecule has 2 N–H and O–H groups in total. The zero-order valence-electron chi connectivity index (χ0n) is 12.4. The maximum absolute atomic E-state index is 11.7. The van der Waals surface area contributed by atoms with Gasteiger partial charge in [0.15, 0.2) is 6.10 Å². The molecule has 0 aliphatic carbocycles. The lowest BCUT2D eigenvalue weighted by Gasteiger charge is -2.11. The summed E-state index contributed by atoms with van der Waals surface area (Å²) in [6.07, 6.45) is 0.950. The van der Waals surface area contributed by atoms with E-state index in [9.17, 15) is 9.59 Å². The number of carboxylic acid groups (broad SMARTS) is 1. The third-order valence-corrected chi connectivity index (χ3v) is 4.47. The number of ether oxygens (including phenoxy) is 1. The molecule has 6 heteroatoms. The molecule has 0 bridgehead atoms. The number of aryl methyl sites for hydroxylation is 1. The fourth-order valence-electron chi connectivity index (χ4n) is 2.23. The molecular formula is C16H19NO4S. The molecule has 2 rings (SSSR count). The highest BCUT2D eigenvalue weighted by Crippen LogP contribution is 2.26. The quantitative estimate of drug-likeness (QED) is 0.783. The number of methoxy groups -OCH3 is 1. The molecule has 22 heavy (non-hydrogen) atoms. The van der Waals surface area contributed by atoms with Crippen molar-refractivity contribution in [2.24, 2.45) is 0 Å². The number of hydrogen-bond donors (Lipinski definition) is 2.